The normalized spacial score (nSPS) is 10.6. The maximum Gasteiger partial charge on any atom is 0.224 e. The van der Waals surface area contributed by atoms with Crippen LogP contribution < -0.4 is 5.32 Å². The number of hydrogen-bond acceptors (Lipinski definition) is 4. The summed E-state index contributed by atoms with van der Waals surface area (Å²) < 4.78 is 0. The second-order valence-electron chi connectivity index (χ2n) is 5.66. The van der Waals surface area contributed by atoms with Crippen LogP contribution in [0.5, 0.6) is 0 Å². The van der Waals surface area contributed by atoms with Crippen LogP contribution >= 0.6 is 11.3 Å². The summed E-state index contributed by atoms with van der Waals surface area (Å²) in [5.41, 5.74) is 5.16. The zero-order valence-corrected chi connectivity index (χ0v) is 14.6. The van der Waals surface area contributed by atoms with Gasteiger partial charge < -0.3 is 5.32 Å². The topological polar surface area (TPSA) is 54.9 Å². The highest BCUT2D eigenvalue weighted by atomic mass is 32.1. The first kappa shape index (κ1) is 16.3. The van der Waals surface area contributed by atoms with Gasteiger partial charge in [0.25, 0.3) is 0 Å². The van der Waals surface area contributed by atoms with Gasteiger partial charge in [0.15, 0.2) is 0 Å². The van der Waals surface area contributed by atoms with Crippen molar-refractivity contribution >= 4 is 22.9 Å². The second kappa shape index (κ2) is 7.36. The molecule has 24 heavy (non-hydrogen) atoms. The predicted octanol–water partition coefficient (Wildman–Crippen LogP) is 4.39. The number of pyridine rings is 1. The summed E-state index contributed by atoms with van der Waals surface area (Å²) in [6.07, 6.45) is 4.58. The molecular weight excluding hydrogens is 318 g/mol. The fourth-order valence-electron chi connectivity index (χ4n) is 2.40. The van der Waals surface area contributed by atoms with E-state index >= 15 is 0 Å². The van der Waals surface area contributed by atoms with Crippen molar-refractivity contribution in [3.05, 3.63) is 64.2 Å². The maximum atomic E-state index is 12.2. The van der Waals surface area contributed by atoms with Crippen molar-refractivity contribution in [1.82, 2.24) is 9.97 Å². The lowest BCUT2D eigenvalue weighted by Gasteiger charge is -2.09. The van der Waals surface area contributed by atoms with Crippen LogP contribution in [-0.2, 0) is 11.2 Å². The molecule has 0 bridgehead atoms. The number of hydrogen-bond donors (Lipinski definition) is 1. The van der Waals surface area contributed by atoms with Crippen molar-refractivity contribution in [2.75, 3.05) is 5.32 Å². The van der Waals surface area contributed by atoms with Gasteiger partial charge in [-0.05, 0) is 43.2 Å². The Bertz CT molecular complexity index is 843. The number of amides is 1. The van der Waals surface area contributed by atoms with Gasteiger partial charge in [-0.25, -0.2) is 4.98 Å². The van der Waals surface area contributed by atoms with E-state index in [1.54, 1.807) is 23.7 Å². The number of carbonyl (C=O) groups excluding carboxylic acids is 1. The van der Waals surface area contributed by atoms with Gasteiger partial charge in [-0.2, -0.15) is 0 Å². The van der Waals surface area contributed by atoms with Gasteiger partial charge in [0.1, 0.15) is 0 Å². The van der Waals surface area contributed by atoms with E-state index in [1.165, 1.54) is 5.56 Å². The Morgan fingerprint density at radius 3 is 2.75 bits per heavy atom. The van der Waals surface area contributed by atoms with E-state index in [0.717, 1.165) is 27.5 Å². The van der Waals surface area contributed by atoms with Crippen LogP contribution in [0, 0.1) is 13.8 Å². The van der Waals surface area contributed by atoms with E-state index in [2.05, 4.69) is 15.3 Å². The highest BCUT2D eigenvalue weighted by Crippen LogP contribution is 2.22. The van der Waals surface area contributed by atoms with Crippen LogP contribution in [0.2, 0.25) is 0 Å². The van der Waals surface area contributed by atoms with Crippen LogP contribution in [0.15, 0.2) is 48.1 Å². The van der Waals surface area contributed by atoms with Crippen LogP contribution in [0.4, 0.5) is 5.69 Å². The third-order valence-corrected chi connectivity index (χ3v) is 4.88. The first-order valence-corrected chi connectivity index (χ1v) is 8.72. The van der Waals surface area contributed by atoms with Gasteiger partial charge in [-0.1, -0.05) is 12.1 Å². The molecule has 5 heteroatoms. The molecule has 0 fully saturated rings. The molecule has 0 aliphatic rings. The standard InChI is InChI=1S/C19H19N3OS/c1-13-4-3-5-16(14(13)2)21-18(23)6-7-19-22-17(12-24-19)15-8-10-20-11-9-15/h3-5,8-12H,6-7H2,1-2H3,(H,21,23). The molecule has 0 aliphatic carbocycles. The molecule has 0 saturated heterocycles. The Balaban J connectivity index is 1.59. The minimum atomic E-state index is 0.0179. The summed E-state index contributed by atoms with van der Waals surface area (Å²) >= 11 is 1.59. The molecule has 1 amide bonds. The number of aromatic nitrogens is 2. The Morgan fingerprint density at radius 2 is 1.96 bits per heavy atom. The molecule has 2 heterocycles. The van der Waals surface area contributed by atoms with Crippen molar-refractivity contribution < 1.29 is 4.79 Å². The van der Waals surface area contributed by atoms with Crippen molar-refractivity contribution in [3.63, 3.8) is 0 Å². The van der Waals surface area contributed by atoms with E-state index in [0.29, 0.717) is 12.8 Å². The minimum Gasteiger partial charge on any atom is -0.326 e. The quantitative estimate of drug-likeness (QED) is 0.751. The van der Waals surface area contributed by atoms with Gasteiger partial charge in [-0.15, -0.1) is 11.3 Å². The summed E-state index contributed by atoms with van der Waals surface area (Å²) in [4.78, 5) is 20.8. The first-order chi connectivity index (χ1) is 11.6. The van der Waals surface area contributed by atoms with Gasteiger partial charge in [0.2, 0.25) is 5.91 Å². The summed E-state index contributed by atoms with van der Waals surface area (Å²) in [5.74, 6) is 0.0179. The molecular formula is C19H19N3OS. The number of nitrogens with zero attached hydrogens (tertiary/aromatic N) is 2. The number of benzene rings is 1. The van der Waals surface area contributed by atoms with Crippen molar-refractivity contribution in [2.24, 2.45) is 0 Å². The van der Waals surface area contributed by atoms with Gasteiger partial charge in [0, 0.05) is 41.9 Å². The smallest absolute Gasteiger partial charge is 0.224 e. The van der Waals surface area contributed by atoms with Crippen LogP contribution in [0.3, 0.4) is 0 Å². The molecule has 0 aliphatic heterocycles. The molecule has 0 radical (unpaired) electrons. The molecule has 0 unspecified atom stereocenters. The summed E-state index contributed by atoms with van der Waals surface area (Å²) in [7, 11) is 0. The highest BCUT2D eigenvalue weighted by Gasteiger charge is 2.09. The second-order valence-corrected chi connectivity index (χ2v) is 6.60. The zero-order chi connectivity index (χ0) is 16.9. The average Bonchev–Trinajstić information content (AvgIpc) is 3.07. The van der Waals surface area contributed by atoms with E-state index < -0.39 is 0 Å². The van der Waals surface area contributed by atoms with Gasteiger partial charge in [0.05, 0.1) is 10.7 Å². The van der Waals surface area contributed by atoms with Crippen molar-refractivity contribution in [2.45, 2.75) is 26.7 Å². The third-order valence-electron chi connectivity index (χ3n) is 3.97. The molecule has 3 aromatic rings. The fraction of sp³-hybridized carbons (Fsp3) is 0.211. The monoisotopic (exact) mass is 337 g/mol. The van der Waals surface area contributed by atoms with Crippen molar-refractivity contribution in [1.29, 1.82) is 0 Å². The Hall–Kier alpha value is -2.53. The Kier molecular flexibility index (Phi) is 5.01. The summed E-state index contributed by atoms with van der Waals surface area (Å²) in [5, 5.41) is 5.98. The van der Waals surface area contributed by atoms with E-state index in [1.807, 2.05) is 49.6 Å². The molecule has 0 saturated carbocycles. The summed E-state index contributed by atoms with van der Waals surface area (Å²) in [6, 6.07) is 9.81. The fourth-order valence-corrected chi connectivity index (χ4v) is 3.21. The number of anilines is 1. The molecule has 2 aromatic heterocycles. The van der Waals surface area contributed by atoms with E-state index in [9.17, 15) is 4.79 Å². The highest BCUT2D eigenvalue weighted by molar-refractivity contribution is 7.09. The lowest BCUT2D eigenvalue weighted by Crippen LogP contribution is -2.13. The molecule has 3 rings (SSSR count). The Morgan fingerprint density at radius 1 is 1.17 bits per heavy atom. The predicted molar refractivity (Wildman–Crippen MR) is 98.2 cm³/mol. The molecule has 0 spiro atoms. The van der Waals surface area contributed by atoms with E-state index in [-0.39, 0.29) is 5.91 Å². The molecule has 1 N–H and O–H groups in total. The molecule has 4 nitrogen and oxygen atoms in total. The Labute approximate surface area is 145 Å². The van der Waals surface area contributed by atoms with Crippen LogP contribution in [-0.4, -0.2) is 15.9 Å². The van der Waals surface area contributed by atoms with Gasteiger partial charge in [-0.3, -0.25) is 9.78 Å². The molecule has 0 atom stereocenters. The number of rotatable bonds is 5. The largest absolute Gasteiger partial charge is 0.326 e. The van der Waals surface area contributed by atoms with Crippen LogP contribution in [0.1, 0.15) is 22.6 Å². The number of carbonyl (C=O) groups is 1. The third kappa shape index (κ3) is 3.86. The van der Waals surface area contributed by atoms with Crippen LogP contribution in [0.25, 0.3) is 11.3 Å². The molecule has 1 aromatic carbocycles. The SMILES string of the molecule is Cc1cccc(NC(=O)CCc2nc(-c3ccncc3)cs2)c1C. The maximum absolute atomic E-state index is 12.2. The number of nitrogens with one attached hydrogen (secondary N) is 1. The minimum absolute atomic E-state index is 0.0179. The molecule has 122 valence electrons. The summed E-state index contributed by atoms with van der Waals surface area (Å²) in [6.45, 7) is 4.06. The number of thiazole rings is 1. The van der Waals surface area contributed by atoms with Crippen molar-refractivity contribution in [3.8, 4) is 11.3 Å². The lowest BCUT2D eigenvalue weighted by atomic mass is 10.1. The number of aryl methyl sites for hydroxylation is 2. The lowest BCUT2D eigenvalue weighted by molar-refractivity contribution is -0.116. The zero-order valence-electron chi connectivity index (χ0n) is 13.7. The van der Waals surface area contributed by atoms with Gasteiger partial charge >= 0.3 is 0 Å². The average molecular weight is 337 g/mol. The van der Waals surface area contributed by atoms with E-state index in [4.69, 9.17) is 0 Å². The first-order valence-electron chi connectivity index (χ1n) is 7.84.